The molecule has 0 saturated heterocycles. The minimum atomic E-state index is 0.624. The molecule has 0 aliphatic heterocycles. The molecule has 3 aromatic heterocycles. The molecule has 23 heavy (non-hydrogen) atoms. The quantitative estimate of drug-likeness (QED) is 0.557. The van der Waals surface area contributed by atoms with E-state index < -0.39 is 0 Å². The first-order valence-corrected chi connectivity index (χ1v) is 8.41. The molecule has 0 aliphatic rings. The minimum Gasteiger partial charge on any atom is -0.351 e. The molecule has 0 radical (unpaired) electrons. The zero-order valence-corrected chi connectivity index (χ0v) is 14.1. The average molecular weight is 328 g/mol. The van der Waals surface area contributed by atoms with Gasteiger partial charge in [0.25, 0.3) is 0 Å². The van der Waals surface area contributed by atoms with Crippen molar-refractivity contribution in [2.45, 2.75) is 26.4 Å². The number of imidazole rings is 1. The van der Waals surface area contributed by atoms with Crippen LogP contribution < -0.4 is 10.6 Å². The number of rotatable bonds is 5. The third-order valence-corrected chi connectivity index (χ3v) is 4.57. The molecule has 0 saturated carbocycles. The van der Waals surface area contributed by atoms with E-state index in [0.29, 0.717) is 13.1 Å². The van der Waals surface area contributed by atoms with Gasteiger partial charge in [0.15, 0.2) is 5.96 Å². The summed E-state index contributed by atoms with van der Waals surface area (Å²) in [5.74, 6) is 0.746. The number of guanidine groups is 1. The van der Waals surface area contributed by atoms with E-state index in [1.165, 1.54) is 4.88 Å². The summed E-state index contributed by atoms with van der Waals surface area (Å²) in [6.45, 7) is 3.44. The number of pyridine rings is 1. The van der Waals surface area contributed by atoms with E-state index in [1.807, 2.05) is 41.2 Å². The van der Waals surface area contributed by atoms with Crippen LogP contribution in [0.4, 0.5) is 0 Å². The largest absolute Gasteiger partial charge is 0.351 e. The Labute approximate surface area is 139 Å². The maximum atomic E-state index is 4.56. The van der Waals surface area contributed by atoms with Crippen LogP contribution in [0.25, 0.3) is 5.65 Å². The number of thiazole rings is 1. The van der Waals surface area contributed by atoms with E-state index in [-0.39, 0.29) is 0 Å². The SMILES string of the molecule is CCc1cnc(CNC(=NC)NCc2cn3ccccc3n2)s1. The van der Waals surface area contributed by atoms with E-state index in [9.17, 15) is 0 Å². The highest BCUT2D eigenvalue weighted by Crippen LogP contribution is 2.12. The first-order valence-electron chi connectivity index (χ1n) is 7.59. The van der Waals surface area contributed by atoms with Crippen LogP contribution >= 0.6 is 11.3 Å². The standard InChI is InChI=1S/C16H20N6S/c1-3-13-9-18-15(23-13)10-20-16(17-2)19-8-12-11-22-7-5-4-6-14(22)21-12/h4-7,9,11H,3,8,10H2,1-2H3,(H2,17,19,20). The van der Waals surface area contributed by atoms with Crippen LogP contribution in [0, 0.1) is 0 Å². The van der Waals surface area contributed by atoms with Gasteiger partial charge in [0, 0.05) is 30.5 Å². The van der Waals surface area contributed by atoms with Crippen LogP contribution in [0.5, 0.6) is 0 Å². The van der Waals surface area contributed by atoms with E-state index in [2.05, 4.69) is 32.5 Å². The molecule has 0 aliphatic carbocycles. The van der Waals surface area contributed by atoms with Crippen LogP contribution in [0.15, 0.2) is 41.8 Å². The lowest BCUT2D eigenvalue weighted by Crippen LogP contribution is -2.36. The number of nitrogens with one attached hydrogen (secondary N) is 2. The maximum Gasteiger partial charge on any atom is 0.191 e. The first-order chi connectivity index (χ1) is 11.3. The maximum absolute atomic E-state index is 4.56. The number of fused-ring (bicyclic) bond motifs is 1. The normalized spacial score (nSPS) is 11.8. The number of hydrogen-bond donors (Lipinski definition) is 2. The fourth-order valence-electron chi connectivity index (χ4n) is 2.22. The predicted molar refractivity (Wildman–Crippen MR) is 93.7 cm³/mol. The molecule has 0 fully saturated rings. The number of hydrogen-bond acceptors (Lipinski definition) is 4. The van der Waals surface area contributed by atoms with E-state index in [4.69, 9.17) is 0 Å². The second kappa shape index (κ2) is 7.23. The predicted octanol–water partition coefficient (Wildman–Crippen LogP) is 2.22. The van der Waals surface area contributed by atoms with Gasteiger partial charge < -0.3 is 15.0 Å². The highest BCUT2D eigenvalue weighted by molar-refractivity contribution is 7.11. The summed E-state index contributed by atoms with van der Waals surface area (Å²) in [4.78, 5) is 14.5. The molecule has 0 spiro atoms. The summed E-state index contributed by atoms with van der Waals surface area (Å²) in [6, 6.07) is 5.97. The van der Waals surface area contributed by atoms with Gasteiger partial charge in [-0.15, -0.1) is 11.3 Å². The molecular formula is C16H20N6S. The van der Waals surface area contributed by atoms with Crippen molar-refractivity contribution < 1.29 is 0 Å². The lowest BCUT2D eigenvalue weighted by atomic mass is 10.4. The van der Waals surface area contributed by atoms with E-state index >= 15 is 0 Å². The van der Waals surface area contributed by atoms with Crippen molar-refractivity contribution in [3.8, 4) is 0 Å². The molecule has 0 bridgehead atoms. The van der Waals surface area contributed by atoms with Gasteiger partial charge in [-0.3, -0.25) is 4.99 Å². The molecule has 0 atom stereocenters. The third kappa shape index (κ3) is 3.87. The summed E-state index contributed by atoms with van der Waals surface area (Å²) in [5, 5.41) is 7.62. The zero-order valence-electron chi connectivity index (χ0n) is 13.3. The van der Waals surface area contributed by atoms with Crippen molar-refractivity contribution in [2.24, 2.45) is 4.99 Å². The molecule has 6 nitrogen and oxygen atoms in total. The first kappa shape index (κ1) is 15.5. The summed E-state index contributed by atoms with van der Waals surface area (Å²) < 4.78 is 2.01. The van der Waals surface area contributed by atoms with Crippen molar-refractivity contribution in [1.29, 1.82) is 0 Å². The molecule has 120 valence electrons. The van der Waals surface area contributed by atoms with E-state index in [0.717, 1.165) is 28.7 Å². The lowest BCUT2D eigenvalue weighted by Gasteiger charge is -2.09. The number of aryl methyl sites for hydroxylation is 1. The van der Waals surface area contributed by atoms with Crippen LogP contribution in [0.3, 0.4) is 0 Å². The molecule has 0 amide bonds. The third-order valence-electron chi connectivity index (χ3n) is 3.43. The Morgan fingerprint density at radius 2 is 2.17 bits per heavy atom. The van der Waals surface area contributed by atoms with Gasteiger partial charge in [0.2, 0.25) is 0 Å². The average Bonchev–Trinajstić information content (AvgIpc) is 3.21. The Hall–Kier alpha value is -2.41. The Morgan fingerprint density at radius 3 is 2.91 bits per heavy atom. The number of aliphatic imine (C=N–C) groups is 1. The summed E-state index contributed by atoms with van der Waals surface area (Å²) in [5.41, 5.74) is 1.92. The molecule has 3 aromatic rings. The van der Waals surface area contributed by atoms with Crippen molar-refractivity contribution in [2.75, 3.05) is 7.05 Å². The molecule has 0 unspecified atom stereocenters. The fourth-order valence-corrected chi connectivity index (χ4v) is 3.02. The highest BCUT2D eigenvalue weighted by Gasteiger charge is 2.04. The van der Waals surface area contributed by atoms with Gasteiger partial charge in [-0.05, 0) is 18.6 Å². The Bertz CT molecular complexity index is 771. The summed E-state index contributed by atoms with van der Waals surface area (Å²) in [6.07, 6.45) is 6.98. The molecular weight excluding hydrogens is 308 g/mol. The topological polar surface area (TPSA) is 66.6 Å². The van der Waals surface area contributed by atoms with Gasteiger partial charge in [-0.1, -0.05) is 13.0 Å². The van der Waals surface area contributed by atoms with E-state index in [1.54, 1.807) is 18.4 Å². The van der Waals surface area contributed by atoms with Crippen molar-refractivity contribution in [1.82, 2.24) is 25.0 Å². The molecule has 3 heterocycles. The Balaban J connectivity index is 1.55. The fraction of sp³-hybridized carbons (Fsp3) is 0.312. The van der Waals surface area contributed by atoms with Gasteiger partial charge in [0.1, 0.15) is 10.7 Å². The summed E-state index contributed by atoms with van der Waals surface area (Å²) in [7, 11) is 1.76. The van der Waals surface area contributed by atoms with Crippen molar-refractivity contribution in [3.05, 3.63) is 52.4 Å². The lowest BCUT2D eigenvalue weighted by molar-refractivity contribution is 0.795. The minimum absolute atomic E-state index is 0.624. The van der Waals surface area contributed by atoms with Gasteiger partial charge in [-0.2, -0.15) is 0 Å². The molecule has 7 heteroatoms. The Kier molecular flexibility index (Phi) is 4.87. The zero-order chi connectivity index (χ0) is 16.1. The van der Waals surface area contributed by atoms with Crippen LogP contribution in [-0.4, -0.2) is 27.4 Å². The van der Waals surface area contributed by atoms with Crippen molar-refractivity contribution in [3.63, 3.8) is 0 Å². The highest BCUT2D eigenvalue weighted by atomic mass is 32.1. The van der Waals surface area contributed by atoms with Crippen LogP contribution in [0.2, 0.25) is 0 Å². The number of aromatic nitrogens is 3. The monoisotopic (exact) mass is 328 g/mol. The second-order valence-electron chi connectivity index (χ2n) is 5.05. The molecule has 0 aromatic carbocycles. The van der Waals surface area contributed by atoms with Gasteiger partial charge >= 0.3 is 0 Å². The Morgan fingerprint density at radius 1 is 1.30 bits per heavy atom. The molecule has 3 rings (SSSR count). The van der Waals surface area contributed by atoms with Crippen LogP contribution in [0.1, 0.15) is 22.5 Å². The van der Waals surface area contributed by atoms with Crippen LogP contribution in [-0.2, 0) is 19.5 Å². The number of nitrogens with zero attached hydrogens (tertiary/aromatic N) is 4. The molecule has 2 N–H and O–H groups in total. The summed E-state index contributed by atoms with van der Waals surface area (Å²) >= 11 is 1.73. The van der Waals surface area contributed by atoms with Gasteiger partial charge in [-0.25, -0.2) is 9.97 Å². The van der Waals surface area contributed by atoms with Gasteiger partial charge in [0.05, 0.1) is 18.8 Å². The second-order valence-corrected chi connectivity index (χ2v) is 6.25. The smallest absolute Gasteiger partial charge is 0.191 e. The van der Waals surface area contributed by atoms with Crippen molar-refractivity contribution >= 4 is 22.9 Å².